The van der Waals surface area contributed by atoms with Gasteiger partial charge in [-0.2, -0.15) is 0 Å². The number of hydrogen-bond acceptors (Lipinski definition) is 3. The van der Waals surface area contributed by atoms with Crippen molar-refractivity contribution in [3.05, 3.63) is 60.2 Å². The molecule has 3 heteroatoms. The maximum Gasteiger partial charge on any atom is 0.333 e. The number of hydrogen-bond donors (Lipinski definition) is 0. The Morgan fingerprint density at radius 2 is 1.83 bits per heavy atom. The Balaban J connectivity index is 1.82. The molecule has 0 bridgehead atoms. The van der Waals surface area contributed by atoms with Gasteiger partial charge in [0.05, 0.1) is 13.2 Å². The fourth-order valence-corrected chi connectivity index (χ4v) is 2.23. The van der Waals surface area contributed by atoms with Gasteiger partial charge in [-0.3, -0.25) is 0 Å². The average molecular weight is 312 g/mol. The third-order valence-corrected chi connectivity index (χ3v) is 3.65. The summed E-state index contributed by atoms with van der Waals surface area (Å²) in [5, 5.41) is 2.44. The zero-order chi connectivity index (χ0) is 16.9. The zero-order valence-corrected chi connectivity index (χ0v) is 14.1. The highest BCUT2D eigenvalue weighted by atomic mass is 16.6. The standard InChI is InChI=1S/C20H24O3/c1-15(2)19(21)23-20(3,4)11-12-22-14-16-9-10-17-7-5-6-8-18(17)13-16/h5-10,13H,1,11-12,14H2,2-4H3. The molecule has 0 radical (unpaired) electrons. The highest BCUT2D eigenvalue weighted by Crippen LogP contribution is 2.18. The first-order valence-electron chi connectivity index (χ1n) is 7.82. The van der Waals surface area contributed by atoms with Crippen LogP contribution in [0.15, 0.2) is 54.6 Å². The Kier molecular flexibility index (Phi) is 5.56. The van der Waals surface area contributed by atoms with E-state index in [1.807, 2.05) is 26.0 Å². The van der Waals surface area contributed by atoms with Gasteiger partial charge >= 0.3 is 5.97 Å². The van der Waals surface area contributed by atoms with Gasteiger partial charge in [0.2, 0.25) is 0 Å². The lowest BCUT2D eigenvalue weighted by Crippen LogP contribution is -2.29. The molecule has 0 aliphatic rings. The maximum atomic E-state index is 11.6. The van der Waals surface area contributed by atoms with E-state index < -0.39 is 5.60 Å². The first-order valence-corrected chi connectivity index (χ1v) is 7.82. The summed E-state index contributed by atoms with van der Waals surface area (Å²) in [7, 11) is 0. The molecule has 23 heavy (non-hydrogen) atoms. The molecule has 0 amide bonds. The summed E-state index contributed by atoms with van der Waals surface area (Å²) >= 11 is 0. The first kappa shape index (κ1) is 17.2. The second-order valence-corrected chi connectivity index (χ2v) is 6.41. The van der Waals surface area contributed by atoms with Crippen LogP contribution in [-0.2, 0) is 20.9 Å². The molecule has 2 aromatic rings. The van der Waals surface area contributed by atoms with Gasteiger partial charge in [0, 0.05) is 12.0 Å². The van der Waals surface area contributed by atoms with E-state index in [1.165, 1.54) is 10.8 Å². The molecule has 0 atom stereocenters. The minimum atomic E-state index is -0.556. The second kappa shape index (κ2) is 7.42. The van der Waals surface area contributed by atoms with Gasteiger partial charge in [0.25, 0.3) is 0 Å². The lowest BCUT2D eigenvalue weighted by Gasteiger charge is -2.25. The van der Waals surface area contributed by atoms with Gasteiger partial charge in [-0.25, -0.2) is 4.79 Å². The molecule has 2 aromatic carbocycles. The zero-order valence-electron chi connectivity index (χ0n) is 14.1. The number of carbonyl (C=O) groups excluding carboxylic acids is 1. The van der Waals surface area contributed by atoms with Crippen LogP contribution in [0, 0.1) is 0 Å². The number of rotatable bonds is 7. The van der Waals surface area contributed by atoms with Crippen LogP contribution in [0.3, 0.4) is 0 Å². The van der Waals surface area contributed by atoms with Crippen LogP contribution >= 0.6 is 0 Å². The van der Waals surface area contributed by atoms with E-state index >= 15 is 0 Å². The van der Waals surface area contributed by atoms with Crippen molar-refractivity contribution >= 4 is 16.7 Å². The summed E-state index contributed by atoms with van der Waals surface area (Å²) < 4.78 is 11.1. The van der Waals surface area contributed by atoms with Crippen LogP contribution in [0.1, 0.15) is 32.8 Å². The molecule has 0 aromatic heterocycles. The summed E-state index contributed by atoms with van der Waals surface area (Å²) in [6.45, 7) is 10.1. The molecule has 2 rings (SSSR count). The minimum Gasteiger partial charge on any atom is -0.456 e. The predicted octanol–water partition coefficient (Wildman–Crippen LogP) is 4.64. The van der Waals surface area contributed by atoms with Crippen molar-refractivity contribution in [1.82, 2.24) is 0 Å². The van der Waals surface area contributed by atoms with Crippen LogP contribution in [0.5, 0.6) is 0 Å². The van der Waals surface area contributed by atoms with Crippen molar-refractivity contribution < 1.29 is 14.3 Å². The molecular formula is C20H24O3. The fourth-order valence-electron chi connectivity index (χ4n) is 2.23. The predicted molar refractivity (Wildman–Crippen MR) is 93.2 cm³/mol. The van der Waals surface area contributed by atoms with Crippen molar-refractivity contribution in [2.45, 2.75) is 39.4 Å². The van der Waals surface area contributed by atoms with E-state index in [4.69, 9.17) is 9.47 Å². The first-order chi connectivity index (χ1) is 10.9. The number of carbonyl (C=O) groups is 1. The van der Waals surface area contributed by atoms with Crippen LogP contribution in [0.2, 0.25) is 0 Å². The van der Waals surface area contributed by atoms with Gasteiger partial charge in [0.15, 0.2) is 0 Å². The molecule has 0 N–H and O–H groups in total. The SMILES string of the molecule is C=C(C)C(=O)OC(C)(C)CCOCc1ccc2ccccc2c1. The summed E-state index contributed by atoms with van der Waals surface area (Å²) in [6, 6.07) is 14.6. The molecule has 0 heterocycles. The number of benzene rings is 2. The lowest BCUT2D eigenvalue weighted by atomic mass is 10.1. The molecule has 0 unspecified atom stereocenters. The molecular weight excluding hydrogens is 288 g/mol. The van der Waals surface area contributed by atoms with Gasteiger partial charge in [-0.1, -0.05) is 43.0 Å². The Bertz CT molecular complexity index is 701. The Labute approximate surface area is 137 Å². The third-order valence-electron chi connectivity index (χ3n) is 3.65. The highest BCUT2D eigenvalue weighted by Gasteiger charge is 2.22. The summed E-state index contributed by atoms with van der Waals surface area (Å²) in [5.41, 5.74) is 0.995. The van der Waals surface area contributed by atoms with E-state index in [9.17, 15) is 4.79 Å². The Hall–Kier alpha value is -2.13. The second-order valence-electron chi connectivity index (χ2n) is 6.41. The van der Waals surface area contributed by atoms with E-state index in [0.29, 0.717) is 25.2 Å². The molecule has 3 nitrogen and oxygen atoms in total. The third kappa shape index (κ3) is 5.22. The number of fused-ring (bicyclic) bond motifs is 1. The van der Waals surface area contributed by atoms with E-state index in [2.05, 4.69) is 36.9 Å². The minimum absolute atomic E-state index is 0.357. The van der Waals surface area contributed by atoms with Crippen LogP contribution in [0.25, 0.3) is 10.8 Å². The molecule has 0 fully saturated rings. The lowest BCUT2D eigenvalue weighted by molar-refractivity contribution is -0.153. The Morgan fingerprint density at radius 3 is 2.52 bits per heavy atom. The van der Waals surface area contributed by atoms with Crippen LogP contribution < -0.4 is 0 Å². The molecule has 122 valence electrons. The van der Waals surface area contributed by atoms with Gasteiger partial charge in [0.1, 0.15) is 5.60 Å². The van der Waals surface area contributed by atoms with Crippen molar-refractivity contribution in [3.8, 4) is 0 Å². The summed E-state index contributed by atoms with van der Waals surface area (Å²) in [4.78, 5) is 11.6. The monoisotopic (exact) mass is 312 g/mol. The van der Waals surface area contributed by atoms with Gasteiger partial charge in [-0.05, 0) is 43.2 Å². The van der Waals surface area contributed by atoms with E-state index in [-0.39, 0.29) is 5.97 Å². The number of ether oxygens (including phenoxy) is 2. The molecule has 0 aliphatic carbocycles. The highest BCUT2D eigenvalue weighted by molar-refractivity contribution is 5.87. The largest absolute Gasteiger partial charge is 0.456 e. The topological polar surface area (TPSA) is 35.5 Å². The quantitative estimate of drug-likeness (QED) is 0.424. The normalized spacial score (nSPS) is 11.4. The van der Waals surface area contributed by atoms with Crippen molar-refractivity contribution in [2.24, 2.45) is 0 Å². The van der Waals surface area contributed by atoms with Crippen LogP contribution in [0.4, 0.5) is 0 Å². The molecule has 0 spiro atoms. The fraction of sp³-hybridized carbons (Fsp3) is 0.350. The van der Waals surface area contributed by atoms with Crippen molar-refractivity contribution in [3.63, 3.8) is 0 Å². The van der Waals surface area contributed by atoms with Gasteiger partial charge < -0.3 is 9.47 Å². The summed E-state index contributed by atoms with van der Waals surface area (Å²) in [5.74, 6) is -0.357. The van der Waals surface area contributed by atoms with Crippen molar-refractivity contribution in [2.75, 3.05) is 6.61 Å². The molecule has 0 saturated carbocycles. The van der Waals surface area contributed by atoms with Gasteiger partial charge in [-0.15, -0.1) is 0 Å². The number of esters is 1. The smallest absolute Gasteiger partial charge is 0.333 e. The van der Waals surface area contributed by atoms with E-state index in [1.54, 1.807) is 6.92 Å². The molecule has 0 saturated heterocycles. The maximum absolute atomic E-state index is 11.6. The average Bonchev–Trinajstić information content (AvgIpc) is 2.51. The summed E-state index contributed by atoms with van der Waals surface area (Å²) in [6.07, 6.45) is 0.638. The Morgan fingerprint density at radius 1 is 1.13 bits per heavy atom. The van der Waals surface area contributed by atoms with E-state index in [0.717, 1.165) is 5.56 Å². The van der Waals surface area contributed by atoms with Crippen molar-refractivity contribution in [1.29, 1.82) is 0 Å². The molecule has 0 aliphatic heterocycles. The van der Waals surface area contributed by atoms with Crippen LogP contribution in [-0.4, -0.2) is 18.2 Å².